The number of alkyl carbamates (subject to hydrolysis) is 1. The van der Waals surface area contributed by atoms with Crippen molar-refractivity contribution in [3.05, 3.63) is 101 Å². The van der Waals surface area contributed by atoms with Crippen molar-refractivity contribution in [2.45, 2.75) is 18.8 Å². The van der Waals surface area contributed by atoms with Crippen molar-refractivity contribution in [1.82, 2.24) is 10.3 Å². The Hall–Kier alpha value is -3.93. The van der Waals surface area contributed by atoms with Crippen LogP contribution in [0.15, 0.2) is 79.0 Å². The van der Waals surface area contributed by atoms with Crippen LogP contribution in [0.2, 0.25) is 0 Å². The molecule has 0 unspecified atom stereocenters. The van der Waals surface area contributed by atoms with Crippen molar-refractivity contribution in [3.8, 4) is 6.07 Å². The van der Waals surface area contributed by atoms with Gasteiger partial charge in [0.2, 0.25) is 0 Å². The first-order valence-corrected chi connectivity index (χ1v) is 10.5. The third-order valence-electron chi connectivity index (χ3n) is 4.91. The molecule has 0 fully saturated rings. The lowest BCUT2D eigenvalue weighted by Gasteiger charge is -2.17. The zero-order chi connectivity index (χ0) is 23.5. The largest absolute Gasteiger partial charge is 0.475 e. The minimum atomic E-state index is -1.71. The zero-order valence-corrected chi connectivity index (χ0v) is 18.0. The van der Waals surface area contributed by atoms with Gasteiger partial charge in [0.15, 0.2) is 0 Å². The maximum Gasteiger partial charge on any atom is 0.475 e. The predicted molar refractivity (Wildman–Crippen MR) is 126 cm³/mol. The number of carbonyl (C=O) groups is 1. The van der Waals surface area contributed by atoms with Crippen molar-refractivity contribution in [2.24, 2.45) is 0 Å². The van der Waals surface area contributed by atoms with E-state index in [-0.39, 0.29) is 13.0 Å². The molecule has 0 radical (unpaired) electrons. The molecule has 1 heterocycles. The van der Waals surface area contributed by atoms with Crippen LogP contribution in [0.4, 0.5) is 4.79 Å². The third-order valence-corrected chi connectivity index (χ3v) is 4.91. The highest BCUT2D eigenvalue weighted by Gasteiger charge is 2.26. The molecule has 0 aliphatic carbocycles. The average Bonchev–Trinajstić information content (AvgIpc) is 2.83. The fourth-order valence-corrected chi connectivity index (χ4v) is 3.24. The topological polar surface area (TPSA) is 115 Å². The second-order valence-corrected chi connectivity index (χ2v) is 7.37. The van der Waals surface area contributed by atoms with E-state index in [1.807, 2.05) is 60.7 Å². The summed E-state index contributed by atoms with van der Waals surface area (Å²) in [6, 6.07) is 24.4. The number of nitriles is 1. The summed E-state index contributed by atoms with van der Waals surface area (Å²) in [7, 11) is -1.71. The zero-order valence-electron chi connectivity index (χ0n) is 18.0. The number of hydrogen-bond donors (Lipinski definition) is 3. The number of ether oxygens (including phenoxy) is 1. The fraction of sp³-hybridized carbons (Fsp3) is 0.160. The maximum atomic E-state index is 12.1. The van der Waals surface area contributed by atoms with E-state index in [0.717, 1.165) is 16.7 Å². The van der Waals surface area contributed by atoms with Crippen LogP contribution < -0.4 is 5.32 Å². The van der Waals surface area contributed by atoms with Crippen LogP contribution in [0.25, 0.3) is 11.6 Å². The van der Waals surface area contributed by atoms with E-state index in [9.17, 15) is 20.1 Å². The van der Waals surface area contributed by atoms with Gasteiger partial charge in [0.05, 0.1) is 23.8 Å². The van der Waals surface area contributed by atoms with Crippen LogP contribution in [-0.2, 0) is 17.6 Å². The van der Waals surface area contributed by atoms with Gasteiger partial charge in [-0.3, -0.25) is 4.98 Å². The maximum absolute atomic E-state index is 12.1. The Morgan fingerprint density at radius 2 is 1.85 bits per heavy atom. The van der Waals surface area contributed by atoms with Crippen molar-refractivity contribution in [3.63, 3.8) is 0 Å². The van der Waals surface area contributed by atoms with E-state index in [4.69, 9.17) is 4.74 Å². The molecule has 1 aromatic heterocycles. The Balaban J connectivity index is 1.54. The molecule has 1 atom stereocenters. The van der Waals surface area contributed by atoms with E-state index in [0.29, 0.717) is 17.7 Å². The van der Waals surface area contributed by atoms with Crippen LogP contribution in [0.3, 0.4) is 0 Å². The van der Waals surface area contributed by atoms with E-state index < -0.39 is 19.2 Å². The summed E-state index contributed by atoms with van der Waals surface area (Å²) in [6.07, 6.45) is 3.41. The first-order chi connectivity index (χ1) is 16.0. The molecule has 3 aromatic rings. The van der Waals surface area contributed by atoms with Gasteiger partial charge in [-0.05, 0) is 41.3 Å². The highest BCUT2D eigenvalue weighted by Crippen LogP contribution is 2.16. The number of aromatic nitrogens is 1. The highest BCUT2D eigenvalue weighted by atomic mass is 16.5. The molecule has 3 rings (SSSR count). The van der Waals surface area contributed by atoms with Gasteiger partial charge in [-0.25, -0.2) is 4.79 Å². The Bertz CT molecular complexity index is 1120. The molecule has 3 N–H and O–H groups in total. The molecule has 166 valence electrons. The van der Waals surface area contributed by atoms with Gasteiger partial charge in [-0.15, -0.1) is 0 Å². The average molecular weight is 441 g/mol. The minimum Gasteiger partial charge on any atom is -0.449 e. The number of rotatable bonds is 9. The number of nitrogens with one attached hydrogen (secondary N) is 1. The normalized spacial score (nSPS) is 11.8. The van der Waals surface area contributed by atoms with Crippen LogP contribution in [-0.4, -0.2) is 40.8 Å². The molecule has 1 amide bonds. The Morgan fingerprint density at radius 3 is 2.55 bits per heavy atom. The fourth-order valence-electron chi connectivity index (χ4n) is 3.24. The molecule has 0 bridgehead atoms. The van der Waals surface area contributed by atoms with Gasteiger partial charge >= 0.3 is 13.2 Å². The Labute approximate surface area is 193 Å². The summed E-state index contributed by atoms with van der Waals surface area (Å²) in [5.74, 6) is -0.885. The number of amides is 1. The van der Waals surface area contributed by atoms with Gasteiger partial charge < -0.3 is 20.1 Å². The number of nitrogens with zero attached hydrogens (tertiary/aromatic N) is 2. The molecule has 7 nitrogen and oxygen atoms in total. The van der Waals surface area contributed by atoms with Gasteiger partial charge in [-0.2, -0.15) is 5.26 Å². The van der Waals surface area contributed by atoms with Crippen LogP contribution >= 0.6 is 0 Å². The lowest BCUT2D eigenvalue weighted by atomic mass is 9.76. The number of carbonyl (C=O) groups excluding carboxylic acids is 1. The lowest BCUT2D eigenvalue weighted by molar-refractivity contribution is 0.144. The Morgan fingerprint density at radius 1 is 1.09 bits per heavy atom. The molecule has 8 heteroatoms. The van der Waals surface area contributed by atoms with Crippen molar-refractivity contribution in [2.75, 3.05) is 6.61 Å². The van der Waals surface area contributed by atoms with E-state index in [1.165, 1.54) is 0 Å². The summed E-state index contributed by atoms with van der Waals surface area (Å²) >= 11 is 0. The molecule has 0 aliphatic heterocycles. The van der Waals surface area contributed by atoms with Crippen LogP contribution in [0.1, 0.15) is 22.4 Å². The van der Waals surface area contributed by atoms with Gasteiger partial charge in [0.1, 0.15) is 6.07 Å². The smallest absolute Gasteiger partial charge is 0.449 e. The van der Waals surface area contributed by atoms with Gasteiger partial charge in [-0.1, -0.05) is 60.7 Å². The standard InChI is InChI=1S/C25H24BN3O4/c27-18-22(23-11-4-5-13-28-23)16-21-10-6-9-20(15-21)12-14-33-25(30)29-24(26(31)32)17-19-7-2-1-3-8-19/h1-11,13,15-16,24,31-32H,12,14,17H2,(H,29,30)/t24-/m0/s1. The highest BCUT2D eigenvalue weighted by molar-refractivity contribution is 6.43. The molecule has 0 saturated carbocycles. The first kappa shape index (κ1) is 23.7. The first-order valence-electron chi connectivity index (χ1n) is 10.5. The second-order valence-electron chi connectivity index (χ2n) is 7.37. The van der Waals surface area contributed by atoms with Gasteiger partial charge in [0.25, 0.3) is 0 Å². The predicted octanol–water partition coefficient (Wildman–Crippen LogP) is 3.04. The molecule has 0 aliphatic rings. The van der Waals surface area contributed by atoms with E-state index >= 15 is 0 Å². The molecule has 2 aromatic carbocycles. The quantitative estimate of drug-likeness (QED) is 0.347. The summed E-state index contributed by atoms with van der Waals surface area (Å²) in [5.41, 5.74) is 3.68. The minimum absolute atomic E-state index is 0.115. The van der Waals surface area contributed by atoms with Crippen molar-refractivity contribution in [1.29, 1.82) is 5.26 Å². The number of hydrogen-bond acceptors (Lipinski definition) is 6. The molecule has 0 saturated heterocycles. The summed E-state index contributed by atoms with van der Waals surface area (Å²) in [6.45, 7) is 0.115. The second kappa shape index (κ2) is 12.2. The van der Waals surface area contributed by atoms with Gasteiger partial charge in [0, 0.05) is 12.6 Å². The summed E-state index contributed by atoms with van der Waals surface area (Å²) < 4.78 is 5.23. The molecular formula is C25H24BN3O4. The third kappa shape index (κ3) is 7.61. The number of allylic oxidation sites excluding steroid dienone is 1. The summed E-state index contributed by atoms with van der Waals surface area (Å²) in [5, 5.41) is 31.1. The Kier molecular flexibility index (Phi) is 8.77. The van der Waals surface area contributed by atoms with Crippen LogP contribution in [0.5, 0.6) is 0 Å². The number of pyridine rings is 1. The van der Waals surface area contributed by atoms with E-state index in [2.05, 4.69) is 16.4 Å². The van der Waals surface area contributed by atoms with Crippen molar-refractivity contribution < 1.29 is 19.6 Å². The number of benzene rings is 2. The molecular weight excluding hydrogens is 417 g/mol. The molecule has 0 spiro atoms. The lowest BCUT2D eigenvalue weighted by Crippen LogP contribution is -2.48. The monoisotopic (exact) mass is 441 g/mol. The van der Waals surface area contributed by atoms with Crippen LogP contribution in [0, 0.1) is 11.3 Å². The van der Waals surface area contributed by atoms with Crippen molar-refractivity contribution >= 4 is 24.9 Å². The van der Waals surface area contributed by atoms with E-state index in [1.54, 1.807) is 24.4 Å². The SMILES string of the molecule is N#CC(=Cc1cccc(CCOC(=O)N[C@@H](Cc2ccccc2)B(O)O)c1)c1ccccn1. The molecule has 33 heavy (non-hydrogen) atoms. The summed E-state index contributed by atoms with van der Waals surface area (Å²) in [4.78, 5) is 16.3.